The monoisotopic (exact) mass is 339 g/mol. The molecule has 0 fully saturated rings. The molecule has 2 aromatic carbocycles. The number of hydrogen-bond acceptors (Lipinski definition) is 2. The zero-order valence-electron chi connectivity index (χ0n) is 10.4. The van der Waals surface area contributed by atoms with Gasteiger partial charge in [-0.15, -0.1) is 0 Å². The van der Waals surface area contributed by atoms with Crippen LogP contribution in [0.15, 0.2) is 40.9 Å². The van der Waals surface area contributed by atoms with Crippen LogP contribution in [0, 0.1) is 11.6 Å². The molecule has 20 heavy (non-hydrogen) atoms. The molecule has 1 aliphatic heterocycles. The van der Waals surface area contributed by atoms with Gasteiger partial charge in [0.15, 0.2) is 0 Å². The van der Waals surface area contributed by atoms with Crippen LogP contribution in [0.4, 0.5) is 8.78 Å². The molecular formula is C15H12BrF2NO. The van der Waals surface area contributed by atoms with E-state index in [1.165, 1.54) is 12.1 Å². The van der Waals surface area contributed by atoms with E-state index < -0.39 is 17.7 Å². The van der Waals surface area contributed by atoms with Crippen LogP contribution in [0.25, 0.3) is 0 Å². The van der Waals surface area contributed by atoms with E-state index in [-0.39, 0.29) is 6.04 Å². The number of ether oxygens (including phenoxy) is 1. The Bertz CT molecular complexity index is 642. The van der Waals surface area contributed by atoms with Crippen molar-refractivity contribution in [3.63, 3.8) is 0 Å². The third-order valence-electron chi connectivity index (χ3n) is 3.37. The third kappa shape index (κ3) is 2.55. The molecular weight excluding hydrogens is 328 g/mol. The van der Waals surface area contributed by atoms with E-state index in [4.69, 9.17) is 10.5 Å². The first kappa shape index (κ1) is 13.5. The van der Waals surface area contributed by atoms with Crippen LogP contribution in [-0.2, 0) is 0 Å². The zero-order valence-corrected chi connectivity index (χ0v) is 12.0. The molecule has 0 saturated carbocycles. The first-order valence-electron chi connectivity index (χ1n) is 6.20. The van der Waals surface area contributed by atoms with Gasteiger partial charge in [0.05, 0.1) is 0 Å². The van der Waals surface area contributed by atoms with Crippen molar-refractivity contribution in [2.45, 2.75) is 18.6 Å². The molecule has 0 radical (unpaired) electrons. The van der Waals surface area contributed by atoms with Crippen LogP contribution < -0.4 is 10.5 Å². The lowest BCUT2D eigenvalue weighted by Gasteiger charge is -2.30. The summed E-state index contributed by atoms with van der Waals surface area (Å²) in [6, 6.07) is 8.74. The summed E-state index contributed by atoms with van der Waals surface area (Å²) in [6.07, 6.45) is 0.0377. The summed E-state index contributed by atoms with van der Waals surface area (Å²) < 4.78 is 33.3. The van der Waals surface area contributed by atoms with Crippen molar-refractivity contribution in [1.29, 1.82) is 0 Å². The van der Waals surface area contributed by atoms with Crippen LogP contribution in [0.1, 0.15) is 29.7 Å². The first-order chi connectivity index (χ1) is 9.52. The minimum atomic E-state index is -0.612. The Morgan fingerprint density at radius 3 is 2.50 bits per heavy atom. The van der Waals surface area contributed by atoms with Gasteiger partial charge in [-0.05, 0) is 35.9 Å². The van der Waals surface area contributed by atoms with Gasteiger partial charge in [-0.3, -0.25) is 0 Å². The van der Waals surface area contributed by atoms with Crippen molar-refractivity contribution in [3.8, 4) is 5.75 Å². The SMILES string of the molecule is N[C@H]1CC(c2cc(F)cc(F)c2)Oc2ccc(Br)cc21. The van der Waals surface area contributed by atoms with E-state index >= 15 is 0 Å². The Hall–Kier alpha value is -1.46. The number of nitrogens with two attached hydrogens (primary N) is 1. The Morgan fingerprint density at radius 2 is 1.80 bits per heavy atom. The van der Waals surface area contributed by atoms with Gasteiger partial charge in [0.25, 0.3) is 0 Å². The predicted molar refractivity (Wildman–Crippen MR) is 75.4 cm³/mol. The molecule has 0 bridgehead atoms. The van der Waals surface area contributed by atoms with Crippen molar-refractivity contribution in [3.05, 3.63) is 63.6 Å². The predicted octanol–water partition coefficient (Wildman–Crippen LogP) is 4.25. The van der Waals surface area contributed by atoms with Gasteiger partial charge >= 0.3 is 0 Å². The van der Waals surface area contributed by atoms with Crippen LogP contribution in [0.2, 0.25) is 0 Å². The summed E-state index contributed by atoms with van der Waals surface area (Å²) in [4.78, 5) is 0. The van der Waals surface area contributed by atoms with E-state index in [9.17, 15) is 8.78 Å². The van der Waals surface area contributed by atoms with Crippen molar-refractivity contribution in [2.75, 3.05) is 0 Å². The maximum absolute atomic E-state index is 13.3. The molecule has 1 heterocycles. The molecule has 5 heteroatoms. The van der Waals surface area contributed by atoms with Crippen LogP contribution in [0.5, 0.6) is 5.75 Å². The van der Waals surface area contributed by atoms with E-state index in [2.05, 4.69) is 15.9 Å². The molecule has 3 rings (SSSR count). The zero-order chi connectivity index (χ0) is 14.3. The van der Waals surface area contributed by atoms with Gasteiger partial charge in [-0.25, -0.2) is 8.78 Å². The van der Waals surface area contributed by atoms with Crippen molar-refractivity contribution < 1.29 is 13.5 Å². The number of benzene rings is 2. The molecule has 2 nitrogen and oxygen atoms in total. The van der Waals surface area contributed by atoms with Gasteiger partial charge in [0, 0.05) is 28.6 Å². The topological polar surface area (TPSA) is 35.2 Å². The van der Waals surface area contributed by atoms with E-state index in [1.807, 2.05) is 12.1 Å². The molecule has 0 aromatic heterocycles. The minimum absolute atomic E-state index is 0.229. The fraction of sp³-hybridized carbons (Fsp3) is 0.200. The highest BCUT2D eigenvalue weighted by molar-refractivity contribution is 9.10. The lowest BCUT2D eigenvalue weighted by molar-refractivity contribution is 0.160. The number of halogens is 3. The van der Waals surface area contributed by atoms with E-state index in [0.29, 0.717) is 17.7 Å². The average Bonchev–Trinajstić information content (AvgIpc) is 2.38. The Balaban J connectivity index is 1.96. The largest absolute Gasteiger partial charge is 0.485 e. The normalized spacial score (nSPS) is 21.2. The maximum Gasteiger partial charge on any atom is 0.126 e. The summed E-state index contributed by atoms with van der Waals surface area (Å²) in [5, 5.41) is 0. The molecule has 1 aliphatic rings. The molecule has 0 spiro atoms. The summed E-state index contributed by atoms with van der Waals surface area (Å²) in [5.74, 6) is -0.570. The molecule has 2 atom stereocenters. The first-order valence-corrected chi connectivity index (χ1v) is 7.00. The standard InChI is InChI=1S/C15H12BrF2NO/c16-9-1-2-14-12(5-9)13(19)7-15(20-14)8-3-10(17)6-11(18)4-8/h1-6,13,15H,7,19H2/t13-,15?/m0/s1. The van der Waals surface area contributed by atoms with Gasteiger partial charge < -0.3 is 10.5 Å². The highest BCUT2D eigenvalue weighted by Gasteiger charge is 2.27. The summed E-state index contributed by atoms with van der Waals surface area (Å²) >= 11 is 3.39. The highest BCUT2D eigenvalue weighted by Crippen LogP contribution is 2.40. The second-order valence-corrected chi connectivity index (χ2v) is 5.75. The molecule has 104 valence electrons. The van der Waals surface area contributed by atoms with Crippen LogP contribution >= 0.6 is 15.9 Å². The Morgan fingerprint density at radius 1 is 1.10 bits per heavy atom. The Labute approximate surface area is 123 Å². The van der Waals surface area contributed by atoms with E-state index in [0.717, 1.165) is 16.1 Å². The van der Waals surface area contributed by atoms with Crippen LogP contribution in [-0.4, -0.2) is 0 Å². The second-order valence-electron chi connectivity index (χ2n) is 4.83. The molecule has 1 unspecified atom stereocenters. The van der Waals surface area contributed by atoms with Crippen molar-refractivity contribution >= 4 is 15.9 Å². The third-order valence-corrected chi connectivity index (χ3v) is 3.86. The van der Waals surface area contributed by atoms with Gasteiger partial charge in [-0.2, -0.15) is 0 Å². The average molecular weight is 340 g/mol. The number of hydrogen-bond donors (Lipinski definition) is 1. The van der Waals surface area contributed by atoms with Crippen molar-refractivity contribution in [1.82, 2.24) is 0 Å². The lowest BCUT2D eigenvalue weighted by atomic mass is 9.93. The Kier molecular flexibility index (Phi) is 3.48. The van der Waals surface area contributed by atoms with Gasteiger partial charge in [-0.1, -0.05) is 15.9 Å². The molecule has 0 aliphatic carbocycles. The van der Waals surface area contributed by atoms with Gasteiger partial charge in [0.2, 0.25) is 0 Å². The van der Waals surface area contributed by atoms with Crippen LogP contribution in [0.3, 0.4) is 0 Å². The van der Waals surface area contributed by atoms with E-state index in [1.54, 1.807) is 6.07 Å². The molecule has 0 amide bonds. The second kappa shape index (κ2) is 5.14. The quantitative estimate of drug-likeness (QED) is 0.842. The van der Waals surface area contributed by atoms with Crippen molar-refractivity contribution in [2.24, 2.45) is 5.73 Å². The summed E-state index contributed by atoms with van der Waals surface area (Å²) in [6.45, 7) is 0. The molecule has 2 aromatic rings. The lowest BCUT2D eigenvalue weighted by Crippen LogP contribution is -2.24. The summed E-state index contributed by atoms with van der Waals surface area (Å²) in [5.41, 5.74) is 7.49. The maximum atomic E-state index is 13.3. The fourth-order valence-corrected chi connectivity index (χ4v) is 2.82. The summed E-state index contributed by atoms with van der Waals surface area (Å²) in [7, 11) is 0. The smallest absolute Gasteiger partial charge is 0.126 e. The number of rotatable bonds is 1. The highest BCUT2D eigenvalue weighted by atomic mass is 79.9. The minimum Gasteiger partial charge on any atom is -0.485 e. The molecule has 2 N–H and O–H groups in total. The molecule has 0 saturated heterocycles. The number of fused-ring (bicyclic) bond motifs is 1. The fourth-order valence-electron chi connectivity index (χ4n) is 2.44. The van der Waals surface area contributed by atoms with Gasteiger partial charge in [0.1, 0.15) is 23.5 Å².